The zero-order valence-corrected chi connectivity index (χ0v) is 24.7. The molecule has 0 saturated carbocycles. The molecule has 4 aromatic rings. The summed E-state index contributed by atoms with van der Waals surface area (Å²) in [6, 6.07) is 25.0. The first-order valence-corrected chi connectivity index (χ1v) is 14.6. The zero-order valence-electron chi connectivity index (χ0n) is 23.9. The van der Waals surface area contributed by atoms with Gasteiger partial charge in [-0.2, -0.15) is 11.8 Å². The summed E-state index contributed by atoms with van der Waals surface area (Å²) in [5, 5.41) is 14.3. The first-order valence-electron chi connectivity index (χ1n) is 13.2. The quantitative estimate of drug-likeness (QED) is 0.261. The van der Waals surface area contributed by atoms with Gasteiger partial charge in [0.1, 0.15) is 11.6 Å². The first-order chi connectivity index (χ1) is 19.7. The van der Waals surface area contributed by atoms with Gasteiger partial charge in [0.25, 0.3) is 5.91 Å². The van der Waals surface area contributed by atoms with E-state index in [0.29, 0.717) is 29.0 Å². The summed E-state index contributed by atoms with van der Waals surface area (Å²) >= 11 is 1.49. The Kier molecular flexibility index (Phi) is 12.2. The molecule has 5 nitrogen and oxygen atoms in total. The van der Waals surface area contributed by atoms with Crippen LogP contribution in [0.2, 0.25) is 0 Å². The molecule has 0 aromatic heterocycles. The van der Waals surface area contributed by atoms with Gasteiger partial charge >= 0.3 is 18.9 Å². The zero-order chi connectivity index (χ0) is 29.4. The third-order valence-corrected chi connectivity index (χ3v) is 7.40. The van der Waals surface area contributed by atoms with Crippen LogP contribution in [0.1, 0.15) is 33.5 Å². The Morgan fingerprint density at radius 1 is 0.857 bits per heavy atom. The number of carbonyl (C=O) groups is 2. The van der Waals surface area contributed by atoms with Gasteiger partial charge in [-0.05, 0) is 89.6 Å². The van der Waals surface area contributed by atoms with Crippen molar-refractivity contribution in [3.05, 3.63) is 125 Å². The third kappa shape index (κ3) is 8.72. The van der Waals surface area contributed by atoms with Crippen molar-refractivity contribution in [1.82, 2.24) is 5.32 Å². The van der Waals surface area contributed by atoms with Crippen molar-refractivity contribution in [2.45, 2.75) is 32.5 Å². The van der Waals surface area contributed by atoms with E-state index in [2.05, 4.69) is 5.32 Å². The molecule has 9 heteroatoms. The predicted molar refractivity (Wildman–Crippen MR) is 159 cm³/mol. The number of anilines is 1. The van der Waals surface area contributed by atoms with Gasteiger partial charge < -0.3 is 20.1 Å². The molecule has 212 valence electrons. The maximum absolute atomic E-state index is 14.0. The number of aryl methyl sites for hydroxylation is 1. The standard InChI is InChI=1S/C33H32F2N2O3S.Li/c1-22-8-6-7-11-28(22)30-18-23(12-13-29(30)32(38)36-31(33(39)40)14-15-41-2)20-37(27-9-4-3-5-10-27)21-24-16-25(34)19-26(35)17-24;/h3-13,16-19,31H,14-15,20-21H2,1-2H3,(H,36,38)(H,39,40);/q;+1/p-1. The van der Waals surface area contributed by atoms with E-state index in [1.165, 1.54) is 23.9 Å². The Hall–Kier alpha value is -3.57. The fourth-order valence-electron chi connectivity index (χ4n) is 4.73. The van der Waals surface area contributed by atoms with Gasteiger partial charge in [-0.25, -0.2) is 8.78 Å². The van der Waals surface area contributed by atoms with Crippen molar-refractivity contribution in [2.75, 3.05) is 16.9 Å². The number of aliphatic carboxylic acids is 1. The summed E-state index contributed by atoms with van der Waals surface area (Å²) in [5.41, 5.74) is 5.00. The molecule has 4 aromatic carbocycles. The number of hydrogen-bond donors (Lipinski definition) is 1. The van der Waals surface area contributed by atoms with Crippen LogP contribution in [0.5, 0.6) is 0 Å². The van der Waals surface area contributed by atoms with E-state index in [1.807, 2.05) is 84.8 Å². The Morgan fingerprint density at radius 2 is 1.50 bits per heavy atom. The van der Waals surface area contributed by atoms with E-state index < -0.39 is 29.6 Å². The average molecular weight is 581 g/mol. The minimum absolute atomic E-state index is 0. The summed E-state index contributed by atoms with van der Waals surface area (Å²) in [6.07, 6.45) is 2.12. The molecule has 1 amide bonds. The number of hydrogen-bond acceptors (Lipinski definition) is 5. The molecular weight excluding hydrogens is 549 g/mol. The van der Waals surface area contributed by atoms with Gasteiger partial charge in [-0.15, -0.1) is 0 Å². The minimum Gasteiger partial charge on any atom is -0.548 e. The Balaban J connectivity index is 0.00000484. The second kappa shape index (κ2) is 15.6. The molecule has 1 atom stereocenters. The molecule has 0 aliphatic rings. The first kappa shape index (κ1) is 32.9. The average Bonchev–Trinajstić information content (AvgIpc) is 2.95. The maximum Gasteiger partial charge on any atom is 1.00 e. The van der Waals surface area contributed by atoms with E-state index in [1.54, 1.807) is 6.07 Å². The van der Waals surface area contributed by atoms with Crippen LogP contribution >= 0.6 is 11.8 Å². The molecule has 0 heterocycles. The normalized spacial score (nSPS) is 11.3. The van der Waals surface area contributed by atoms with Gasteiger partial charge in [0.2, 0.25) is 0 Å². The SMILES string of the molecule is CSCCC(NC(=O)c1ccc(CN(Cc2cc(F)cc(F)c2)c2ccccc2)cc1-c1ccccc1C)C(=O)[O-].[Li+]. The van der Waals surface area contributed by atoms with Gasteiger partial charge in [0.05, 0.1) is 12.0 Å². The molecule has 0 saturated heterocycles. The fraction of sp³-hybridized carbons (Fsp3) is 0.212. The molecular formula is C33H31F2LiN2O3S. The minimum atomic E-state index is -1.33. The number of thioether (sulfide) groups is 1. The van der Waals surface area contributed by atoms with Crippen molar-refractivity contribution in [3.63, 3.8) is 0 Å². The fourth-order valence-corrected chi connectivity index (χ4v) is 5.20. The van der Waals surface area contributed by atoms with E-state index in [9.17, 15) is 23.5 Å². The number of rotatable bonds is 12. The summed E-state index contributed by atoms with van der Waals surface area (Å²) in [4.78, 5) is 27.1. The number of halogens is 2. The monoisotopic (exact) mass is 580 g/mol. The van der Waals surface area contributed by atoms with E-state index in [-0.39, 0.29) is 31.8 Å². The third-order valence-electron chi connectivity index (χ3n) is 6.75. The van der Waals surface area contributed by atoms with Gasteiger partial charge in [-0.1, -0.05) is 48.5 Å². The summed E-state index contributed by atoms with van der Waals surface area (Å²) in [6.45, 7) is 2.59. The Bertz CT molecular complexity index is 1500. The van der Waals surface area contributed by atoms with Crippen molar-refractivity contribution >= 4 is 29.3 Å². The van der Waals surface area contributed by atoms with Crippen LogP contribution in [-0.4, -0.2) is 29.9 Å². The van der Waals surface area contributed by atoms with Crippen molar-refractivity contribution < 1.29 is 42.3 Å². The van der Waals surface area contributed by atoms with Crippen molar-refractivity contribution in [2.24, 2.45) is 0 Å². The van der Waals surface area contributed by atoms with Crippen LogP contribution < -0.4 is 34.2 Å². The van der Waals surface area contributed by atoms with Crippen LogP contribution in [0, 0.1) is 18.6 Å². The van der Waals surface area contributed by atoms with Gasteiger partial charge in [-0.3, -0.25) is 4.79 Å². The molecule has 0 spiro atoms. The molecule has 4 rings (SSSR count). The van der Waals surface area contributed by atoms with Crippen LogP contribution in [0.3, 0.4) is 0 Å². The van der Waals surface area contributed by atoms with Crippen LogP contribution in [-0.2, 0) is 17.9 Å². The van der Waals surface area contributed by atoms with Crippen LogP contribution in [0.15, 0.2) is 91.0 Å². The topological polar surface area (TPSA) is 72.5 Å². The number of carbonyl (C=O) groups excluding carboxylic acids is 2. The number of amides is 1. The number of nitrogens with zero attached hydrogens (tertiary/aromatic N) is 1. The van der Waals surface area contributed by atoms with Gasteiger partial charge in [0.15, 0.2) is 0 Å². The molecule has 0 aliphatic heterocycles. The number of benzene rings is 4. The Morgan fingerprint density at radius 3 is 2.14 bits per heavy atom. The van der Waals surface area contributed by atoms with Crippen molar-refractivity contribution in [3.8, 4) is 11.1 Å². The number of carboxylic acids is 1. The second-order valence-corrected chi connectivity index (χ2v) is 10.8. The van der Waals surface area contributed by atoms with Crippen molar-refractivity contribution in [1.29, 1.82) is 0 Å². The largest absolute Gasteiger partial charge is 1.00 e. The van der Waals surface area contributed by atoms with E-state index in [4.69, 9.17) is 0 Å². The molecule has 1 N–H and O–H groups in total. The number of para-hydroxylation sites is 1. The smallest absolute Gasteiger partial charge is 0.548 e. The molecule has 0 radical (unpaired) electrons. The summed E-state index contributed by atoms with van der Waals surface area (Å²) in [7, 11) is 0. The van der Waals surface area contributed by atoms with Crippen LogP contribution in [0.25, 0.3) is 11.1 Å². The van der Waals surface area contributed by atoms with E-state index >= 15 is 0 Å². The predicted octanol–water partition coefficient (Wildman–Crippen LogP) is 2.75. The molecule has 42 heavy (non-hydrogen) atoms. The second-order valence-electron chi connectivity index (χ2n) is 9.79. The van der Waals surface area contributed by atoms with Crippen LogP contribution in [0.4, 0.5) is 14.5 Å². The maximum atomic E-state index is 14.0. The summed E-state index contributed by atoms with van der Waals surface area (Å²) in [5.74, 6) is -2.54. The molecule has 0 aliphatic carbocycles. The Labute approximate surface area is 261 Å². The van der Waals surface area contributed by atoms with Gasteiger partial charge in [0, 0.05) is 30.4 Å². The number of carboxylic acid groups (broad SMARTS) is 1. The van der Waals surface area contributed by atoms with E-state index in [0.717, 1.165) is 28.4 Å². The molecule has 0 fully saturated rings. The number of nitrogens with one attached hydrogen (secondary N) is 1. The molecule has 0 bridgehead atoms. The summed E-state index contributed by atoms with van der Waals surface area (Å²) < 4.78 is 28.0. The molecule has 1 unspecified atom stereocenters.